The SMILES string of the molecule is CC(c1c(O)ccc2ccccc12)N(C(C)c1c(O)ccc2ccccc12)C(C)c1c(O)ccc2ccccc12. The first kappa shape index (κ1) is 25.7. The fraction of sp³-hybridized carbons (Fsp3) is 0.167. The highest BCUT2D eigenvalue weighted by atomic mass is 16.3. The van der Waals surface area contributed by atoms with Crippen LogP contribution in [0.3, 0.4) is 0 Å². The van der Waals surface area contributed by atoms with E-state index in [1.807, 2.05) is 72.8 Å². The number of hydrogen-bond donors (Lipinski definition) is 3. The Morgan fingerprint density at radius 1 is 0.400 bits per heavy atom. The van der Waals surface area contributed by atoms with E-state index in [9.17, 15) is 15.3 Å². The van der Waals surface area contributed by atoms with Gasteiger partial charge in [-0.3, -0.25) is 4.90 Å². The number of aromatic hydroxyl groups is 3. The first-order valence-corrected chi connectivity index (χ1v) is 13.8. The largest absolute Gasteiger partial charge is 0.508 e. The van der Waals surface area contributed by atoms with Gasteiger partial charge in [-0.2, -0.15) is 0 Å². The Balaban J connectivity index is 1.61. The summed E-state index contributed by atoms with van der Waals surface area (Å²) in [6.45, 7) is 6.29. The van der Waals surface area contributed by atoms with Crippen molar-refractivity contribution in [3.8, 4) is 17.2 Å². The highest BCUT2D eigenvalue weighted by Crippen LogP contribution is 2.48. The molecule has 0 saturated carbocycles. The number of rotatable bonds is 6. The molecule has 6 aromatic carbocycles. The van der Waals surface area contributed by atoms with Gasteiger partial charge in [-0.25, -0.2) is 0 Å². The summed E-state index contributed by atoms with van der Waals surface area (Å²) < 4.78 is 0. The summed E-state index contributed by atoms with van der Waals surface area (Å²) in [5.41, 5.74) is 2.45. The van der Waals surface area contributed by atoms with Crippen molar-refractivity contribution in [2.75, 3.05) is 0 Å². The molecule has 0 saturated heterocycles. The molecule has 0 heterocycles. The van der Waals surface area contributed by atoms with Crippen LogP contribution in [0.2, 0.25) is 0 Å². The van der Waals surface area contributed by atoms with Crippen LogP contribution in [-0.2, 0) is 0 Å². The zero-order chi connectivity index (χ0) is 28.0. The predicted molar refractivity (Wildman–Crippen MR) is 164 cm³/mol. The zero-order valence-electron chi connectivity index (χ0n) is 22.9. The molecule has 0 aliphatic carbocycles. The molecular formula is C36H33NO3. The highest BCUT2D eigenvalue weighted by molar-refractivity contribution is 5.90. The molecule has 4 nitrogen and oxygen atoms in total. The summed E-state index contributed by atoms with van der Waals surface area (Å²) in [6.07, 6.45) is 0. The molecule has 0 aromatic heterocycles. The minimum atomic E-state index is -0.284. The Labute approximate surface area is 234 Å². The first-order valence-electron chi connectivity index (χ1n) is 13.8. The molecule has 0 radical (unpaired) electrons. The van der Waals surface area contributed by atoms with Gasteiger partial charge in [0, 0.05) is 34.8 Å². The van der Waals surface area contributed by atoms with Gasteiger partial charge in [0.15, 0.2) is 0 Å². The molecule has 3 atom stereocenters. The van der Waals surface area contributed by atoms with E-state index in [0.717, 1.165) is 49.0 Å². The molecule has 6 aromatic rings. The Bertz CT molecular complexity index is 1640. The molecule has 200 valence electrons. The van der Waals surface area contributed by atoms with Gasteiger partial charge in [-0.15, -0.1) is 0 Å². The van der Waals surface area contributed by atoms with Crippen LogP contribution in [0.5, 0.6) is 17.2 Å². The number of hydrogen-bond acceptors (Lipinski definition) is 4. The Morgan fingerprint density at radius 3 is 0.975 bits per heavy atom. The lowest BCUT2D eigenvalue weighted by molar-refractivity contribution is 0.101. The van der Waals surface area contributed by atoms with E-state index in [1.165, 1.54) is 0 Å². The van der Waals surface area contributed by atoms with Gasteiger partial charge < -0.3 is 15.3 Å². The van der Waals surface area contributed by atoms with Gasteiger partial charge in [-0.1, -0.05) is 91.0 Å². The summed E-state index contributed by atoms with van der Waals surface area (Å²) in [5, 5.41) is 39.8. The van der Waals surface area contributed by atoms with Gasteiger partial charge >= 0.3 is 0 Å². The summed E-state index contributed by atoms with van der Waals surface area (Å²) in [4.78, 5) is 2.30. The second kappa shape index (κ2) is 10.2. The number of phenolic OH excluding ortho intramolecular Hbond substituents is 3. The van der Waals surface area contributed by atoms with Crippen LogP contribution < -0.4 is 0 Å². The second-order valence-corrected chi connectivity index (χ2v) is 10.6. The molecule has 0 aliphatic heterocycles. The van der Waals surface area contributed by atoms with E-state index in [2.05, 4.69) is 43.9 Å². The highest BCUT2D eigenvalue weighted by Gasteiger charge is 2.34. The molecule has 6 rings (SSSR count). The van der Waals surface area contributed by atoms with E-state index < -0.39 is 0 Å². The van der Waals surface area contributed by atoms with Crippen LogP contribution >= 0.6 is 0 Å². The van der Waals surface area contributed by atoms with Crippen molar-refractivity contribution in [2.24, 2.45) is 0 Å². The van der Waals surface area contributed by atoms with Crippen LogP contribution in [0.1, 0.15) is 55.6 Å². The van der Waals surface area contributed by atoms with Crippen molar-refractivity contribution >= 4 is 32.3 Å². The lowest BCUT2D eigenvalue weighted by Crippen LogP contribution is -2.33. The molecule has 0 spiro atoms. The van der Waals surface area contributed by atoms with Gasteiger partial charge in [0.2, 0.25) is 0 Å². The predicted octanol–water partition coefficient (Wildman–Crippen LogP) is 9.15. The minimum absolute atomic E-state index is 0.222. The number of phenols is 3. The second-order valence-electron chi connectivity index (χ2n) is 10.6. The maximum atomic E-state index is 11.3. The lowest BCUT2D eigenvalue weighted by Gasteiger charge is -2.41. The van der Waals surface area contributed by atoms with Crippen molar-refractivity contribution in [1.82, 2.24) is 4.90 Å². The summed E-state index contributed by atoms with van der Waals surface area (Å²) in [5.74, 6) is 0.666. The van der Waals surface area contributed by atoms with E-state index in [1.54, 1.807) is 18.2 Å². The smallest absolute Gasteiger partial charge is 0.120 e. The van der Waals surface area contributed by atoms with E-state index >= 15 is 0 Å². The standard InChI is InChI=1S/C36H33NO3/c1-22(34-28-13-7-4-10-25(28)16-19-31(34)38)37(23(2)35-29-14-8-5-11-26(29)17-20-32(35)39)24(3)36-30-15-9-6-12-27(30)18-21-33(36)40/h4-24,38-40H,1-3H3. The topological polar surface area (TPSA) is 63.9 Å². The fourth-order valence-corrected chi connectivity index (χ4v) is 6.62. The lowest BCUT2D eigenvalue weighted by atomic mass is 9.89. The average Bonchev–Trinajstić information content (AvgIpc) is 2.96. The van der Waals surface area contributed by atoms with Crippen LogP contribution in [0.25, 0.3) is 32.3 Å². The molecule has 0 aliphatic rings. The third kappa shape index (κ3) is 4.21. The zero-order valence-corrected chi connectivity index (χ0v) is 22.9. The van der Waals surface area contributed by atoms with Gasteiger partial charge in [-0.05, 0) is 71.3 Å². The molecule has 0 fully saturated rings. The van der Waals surface area contributed by atoms with Crippen LogP contribution in [0.4, 0.5) is 0 Å². The maximum Gasteiger partial charge on any atom is 0.120 e. The Kier molecular flexibility index (Phi) is 6.57. The van der Waals surface area contributed by atoms with Crippen LogP contribution in [-0.4, -0.2) is 20.2 Å². The number of fused-ring (bicyclic) bond motifs is 3. The summed E-state index contributed by atoms with van der Waals surface area (Å²) in [6, 6.07) is 34.5. The first-order chi connectivity index (χ1) is 19.4. The molecule has 0 amide bonds. The Morgan fingerprint density at radius 2 is 0.675 bits per heavy atom. The van der Waals surface area contributed by atoms with E-state index in [0.29, 0.717) is 0 Å². The number of nitrogens with zero attached hydrogens (tertiary/aromatic N) is 1. The summed E-state index contributed by atoms with van der Waals surface area (Å²) >= 11 is 0. The van der Waals surface area contributed by atoms with Gasteiger partial charge in [0.05, 0.1) is 0 Å². The molecule has 40 heavy (non-hydrogen) atoms. The minimum Gasteiger partial charge on any atom is -0.508 e. The van der Waals surface area contributed by atoms with Crippen molar-refractivity contribution in [3.63, 3.8) is 0 Å². The van der Waals surface area contributed by atoms with Crippen LogP contribution in [0, 0.1) is 0 Å². The molecule has 0 bridgehead atoms. The van der Waals surface area contributed by atoms with Crippen molar-refractivity contribution < 1.29 is 15.3 Å². The normalized spacial score (nSPS) is 14.1. The number of benzene rings is 6. The molecular weight excluding hydrogens is 494 g/mol. The third-order valence-corrected chi connectivity index (χ3v) is 8.44. The van der Waals surface area contributed by atoms with Crippen molar-refractivity contribution in [3.05, 3.63) is 126 Å². The summed E-state index contributed by atoms with van der Waals surface area (Å²) in [7, 11) is 0. The van der Waals surface area contributed by atoms with Gasteiger partial charge in [0.1, 0.15) is 17.2 Å². The van der Waals surface area contributed by atoms with E-state index in [4.69, 9.17) is 0 Å². The fourth-order valence-electron chi connectivity index (χ4n) is 6.62. The maximum absolute atomic E-state index is 11.3. The van der Waals surface area contributed by atoms with Gasteiger partial charge in [0.25, 0.3) is 0 Å². The monoisotopic (exact) mass is 527 g/mol. The van der Waals surface area contributed by atoms with Crippen molar-refractivity contribution in [2.45, 2.75) is 38.9 Å². The Hall–Kier alpha value is -4.54. The molecule has 4 heteroatoms. The van der Waals surface area contributed by atoms with E-state index in [-0.39, 0.29) is 35.4 Å². The van der Waals surface area contributed by atoms with Crippen molar-refractivity contribution in [1.29, 1.82) is 0 Å². The molecule has 3 unspecified atom stereocenters. The van der Waals surface area contributed by atoms with Crippen LogP contribution in [0.15, 0.2) is 109 Å². The average molecular weight is 528 g/mol. The quantitative estimate of drug-likeness (QED) is 0.202. The molecule has 3 N–H and O–H groups in total. The third-order valence-electron chi connectivity index (χ3n) is 8.44.